The van der Waals surface area contributed by atoms with E-state index in [1.807, 2.05) is 6.08 Å². The van der Waals surface area contributed by atoms with E-state index >= 15 is 0 Å². The molecule has 1 heterocycles. The van der Waals surface area contributed by atoms with Crippen LogP contribution in [0.3, 0.4) is 0 Å². The number of anilines is 1. The average molecular weight is 412 g/mol. The molecule has 0 bridgehead atoms. The van der Waals surface area contributed by atoms with Crippen LogP contribution in [0, 0.1) is 0 Å². The predicted molar refractivity (Wildman–Crippen MR) is 99.5 cm³/mol. The number of benzene rings is 1. The largest absolute Gasteiger partial charge is 0.497 e. The second kappa shape index (κ2) is 8.52. The molecule has 28 heavy (non-hydrogen) atoms. The zero-order valence-electron chi connectivity index (χ0n) is 14.8. The fourth-order valence-electron chi connectivity index (χ4n) is 2.51. The van der Waals surface area contributed by atoms with E-state index in [0.717, 1.165) is 6.20 Å². The highest BCUT2D eigenvalue weighted by molar-refractivity contribution is 6.22. The molecule has 1 aliphatic carbocycles. The fraction of sp³-hybridized carbons (Fsp3) is 0.263. The lowest BCUT2D eigenvalue weighted by atomic mass is 10.1. The van der Waals surface area contributed by atoms with Crippen molar-refractivity contribution in [2.75, 3.05) is 12.4 Å². The van der Waals surface area contributed by atoms with Crippen molar-refractivity contribution in [3.8, 4) is 11.5 Å². The number of methoxy groups -OCH3 is 1. The summed E-state index contributed by atoms with van der Waals surface area (Å²) in [5.74, 6) is 0.858. The first kappa shape index (κ1) is 20.0. The Labute approximate surface area is 164 Å². The molecule has 0 saturated carbocycles. The quantitative estimate of drug-likeness (QED) is 0.682. The van der Waals surface area contributed by atoms with Crippen LogP contribution in [0.5, 0.6) is 11.5 Å². The monoisotopic (exact) mass is 411 g/mol. The summed E-state index contributed by atoms with van der Waals surface area (Å²) in [6, 6.07) is 6.51. The molecular weight excluding hydrogens is 395 g/mol. The maximum absolute atomic E-state index is 13.5. The number of aromatic nitrogens is 2. The van der Waals surface area contributed by atoms with Gasteiger partial charge in [0, 0.05) is 17.5 Å². The Bertz CT molecular complexity index is 883. The summed E-state index contributed by atoms with van der Waals surface area (Å²) in [5, 5.41) is 2.52. The standard InChI is InChI=1S/C19H17ClF3N3O2/c1-27-15-5-7-16(8-6-15)28-11-12-10-24-18(26-17(12)19(21,22)23)25-14-4-2-3-13(20)9-14/h2,4-10,13H,3,11H2,1H3,(H,24,25,26). The number of nitrogens with zero attached hydrogens (tertiary/aromatic N) is 2. The Morgan fingerprint density at radius 3 is 2.57 bits per heavy atom. The van der Waals surface area contributed by atoms with Crippen molar-refractivity contribution in [2.45, 2.75) is 24.6 Å². The van der Waals surface area contributed by atoms with Gasteiger partial charge in [-0.2, -0.15) is 13.2 Å². The molecule has 1 aromatic carbocycles. The van der Waals surface area contributed by atoms with Crippen molar-refractivity contribution >= 4 is 17.5 Å². The third-order valence-electron chi connectivity index (χ3n) is 3.86. The van der Waals surface area contributed by atoms with E-state index in [1.54, 1.807) is 36.4 Å². The zero-order valence-corrected chi connectivity index (χ0v) is 15.6. The van der Waals surface area contributed by atoms with Crippen LogP contribution in [0.15, 0.2) is 54.4 Å². The van der Waals surface area contributed by atoms with Crippen molar-refractivity contribution < 1.29 is 22.6 Å². The van der Waals surface area contributed by atoms with Gasteiger partial charge in [-0.3, -0.25) is 0 Å². The van der Waals surface area contributed by atoms with E-state index in [0.29, 0.717) is 23.6 Å². The lowest BCUT2D eigenvalue weighted by Gasteiger charge is -2.16. The molecule has 148 valence electrons. The molecule has 0 aliphatic heterocycles. The van der Waals surface area contributed by atoms with Gasteiger partial charge in [0.1, 0.15) is 18.1 Å². The third kappa shape index (κ3) is 5.16. The van der Waals surface area contributed by atoms with Gasteiger partial charge in [-0.1, -0.05) is 6.08 Å². The van der Waals surface area contributed by atoms with Crippen LogP contribution >= 0.6 is 11.6 Å². The molecule has 1 atom stereocenters. The summed E-state index contributed by atoms with van der Waals surface area (Å²) < 4.78 is 50.8. The van der Waals surface area contributed by atoms with E-state index in [1.165, 1.54) is 7.11 Å². The first-order valence-electron chi connectivity index (χ1n) is 8.34. The second-order valence-electron chi connectivity index (χ2n) is 5.93. The van der Waals surface area contributed by atoms with E-state index in [-0.39, 0.29) is 23.5 Å². The molecule has 0 spiro atoms. The van der Waals surface area contributed by atoms with E-state index < -0.39 is 11.9 Å². The molecule has 2 aromatic rings. The predicted octanol–water partition coefficient (Wildman–Crippen LogP) is 4.95. The highest BCUT2D eigenvalue weighted by Crippen LogP contribution is 2.32. The number of ether oxygens (including phenoxy) is 2. The zero-order chi connectivity index (χ0) is 20.1. The molecule has 0 amide bonds. The van der Waals surface area contributed by atoms with Crippen molar-refractivity contribution in [1.29, 1.82) is 0 Å². The minimum absolute atomic E-state index is 0.165. The number of hydrogen-bond donors (Lipinski definition) is 1. The molecule has 1 N–H and O–H groups in total. The summed E-state index contributed by atoms with van der Waals surface area (Å²) in [6.45, 7) is -0.326. The highest BCUT2D eigenvalue weighted by atomic mass is 35.5. The molecule has 1 aromatic heterocycles. The van der Waals surface area contributed by atoms with Crippen LogP contribution in [0.2, 0.25) is 0 Å². The molecular formula is C19H17ClF3N3O2. The minimum Gasteiger partial charge on any atom is -0.497 e. The van der Waals surface area contributed by atoms with E-state index in [2.05, 4.69) is 15.3 Å². The van der Waals surface area contributed by atoms with Gasteiger partial charge < -0.3 is 14.8 Å². The number of alkyl halides is 4. The van der Waals surface area contributed by atoms with Crippen LogP contribution in [0.25, 0.3) is 0 Å². The van der Waals surface area contributed by atoms with Crippen LogP contribution in [-0.4, -0.2) is 22.5 Å². The first-order valence-corrected chi connectivity index (χ1v) is 8.78. The van der Waals surface area contributed by atoms with Gasteiger partial charge in [-0.05, 0) is 42.8 Å². The molecule has 9 heteroatoms. The van der Waals surface area contributed by atoms with E-state index in [4.69, 9.17) is 21.1 Å². The normalized spacial score (nSPS) is 16.5. The number of nitrogens with one attached hydrogen (secondary N) is 1. The van der Waals surface area contributed by atoms with Gasteiger partial charge in [0.2, 0.25) is 5.95 Å². The summed E-state index contributed by atoms with van der Waals surface area (Å²) in [4.78, 5) is 7.61. The Kier molecular flexibility index (Phi) is 6.08. The van der Waals surface area contributed by atoms with Gasteiger partial charge in [-0.15, -0.1) is 11.6 Å². The second-order valence-corrected chi connectivity index (χ2v) is 6.49. The van der Waals surface area contributed by atoms with E-state index in [9.17, 15) is 13.2 Å². The topological polar surface area (TPSA) is 56.3 Å². The molecule has 0 fully saturated rings. The van der Waals surface area contributed by atoms with Crippen molar-refractivity contribution in [1.82, 2.24) is 9.97 Å². The highest BCUT2D eigenvalue weighted by Gasteiger charge is 2.36. The lowest BCUT2D eigenvalue weighted by Crippen LogP contribution is -2.17. The number of rotatable bonds is 6. The number of allylic oxidation sites excluding steroid dienone is 3. The third-order valence-corrected chi connectivity index (χ3v) is 4.17. The average Bonchev–Trinajstić information content (AvgIpc) is 2.66. The summed E-state index contributed by atoms with van der Waals surface area (Å²) in [7, 11) is 1.52. The minimum atomic E-state index is -4.65. The molecule has 1 unspecified atom stereocenters. The molecule has 5 nitrogen and oxygen atoms in total. The fourth-order valence-corrected chi connectivity index (χ4v) is 2.75. The smallest absolute Gasteiger partial charge is 0.433 e. The number of hydrogen-bond acceptors (Lipinski definition) is 5. The Balaban J connectivity index is 1.77. The summed E-state index contributed by atoms with van der Waals surface area (Å²) >= 11 is 6.01. The van der Waals surface area contributed by atoms with Crippen LogP contribution in [-0.2, 0) is 12.8 Å². The summed E-state index contributed by atoms with van der Waals surface area (Å²) in [5.41, 5.74) is -0.680. The van der Waals surface area contributed by atoms with Gasteiger partial charge in [0.15, 0.2) is 5.69 Å². The van der Waals surface area contributed by atoms with Crippen molar-refractivity contribution in [3.63, 3.8) is 0 Å². The van der Waals surface area contributed by atoms with Gasteiger partial charge in [0.25, 0.3) is 0 Å². The van der Waals surface area contributed by atoms with Crippen LogP contribution in [0.1, 0.15) is 17.7 Å². The maximum atomic E-state index is 13.5. The Morgan fingerprint density at radius 1 is 1.21 bits per heavy atom. The number of halogens is 4. The van der Waals surface area contributed by atoms with Crippen molar-refractivity contribution in [3.05, 3.63) is 65.6 Å². The Morgan fingerprint density at radius 2 is 1.93 bits per heavy atom. The molecule has 0 radical (unpaired) electrons. The summed E-state index contributed by atoms with van der Waals surface area (Å²) in [6.07, 6.45) is 2.34. The van der Waals surface area contributed by atoms with Gasteiger partial charge in [0.05, 0.1) is 12.5 Å². The van der Waals surface area contributed by atoms with Crippen LogP contribution in [0.4, 0.5) is 19.1 Å². The first-order chi connectivity index (χ1) is 13.3. The van der Waals surface area contributed by atoms with Crippen LogP contribution < -0.4 is 14.8 Å². The van der Waals surface area contributed by atoms with Gasteiger partial charge in [-0.25, -0.2) is 9.97 Å². The molecule has 1 aliphatic rings. The SMILES string of the molecule is COc1ccc(OCc2cnc(NC3=CC(Cl)CC=C3)nc2C(F)(F)F)cc1. The van der Waals surface area contributed by atoms with Crippen molar-refractivity contribution in [2.24, 2.45) is 0 Å². The maximum Gasteiger partial charge on any atom is 0.433 e. The Hall–Kier alpha value is -2.74. The van der Waals surface area contributed by atoms with Gasteiger partial charge >= 0.3 is 6.18 Å². The molecule has 0 saturated heterocycles. The lowest BCUT2D eigenvalue weighted by molar-refractivity contribution is -0.142. The molecule has 3 rings (SSSR count).